The van der Waals surface area contributed by atoms with Crippen molar-refractivity contribution in [2.75, 3.05) is 13.2 Å². The van der Waals surface area contributed by atoms with Crippen LogP contribution in [-0.4, -0.2) is 61.2 Å². The van der Waals surface area contributed by atoms with E-state index in [4.69, 9.17) is 18.9 Å². The molecule has 5 fully saturated rings. The van der Waals surface area contributed by atoms with Gasteiger partial charge < -0.3 is 24.3 Å². The Morgan fingerprint density at radius 2 is 1.48 bits per heavy atom. The second kappa shape index (κ2) is 13.2. The van der Waals surface area contributed by atoms with E-state index in [9.17, 15) is 19.2 Å². The zero-order valence-corrected chi connectivity index (χ0v) is 33.3. The third-order valence-electron chi connectivity index (χ3n) is 15.9. The van der Waals surface area contributed by atoms with Crippen molar-refractivity contribution in [3.8, 4) is 0 Å². The number of fused-ring (bicyclic) bond motifs is 7. The minimum Gasteiger partial charge on any atom is -0.465 e. The molecule has 1 heterocycles. The van der Waals surface area contributed by atoms with Gasteiger partial charge in [0.25, 0.3) is 0 Å². The Hall–Kier alpha value is -2.75. The van der Waals surface area contributed by atoms with Gasteiger partial charge in [-0.2, -0.15) is 0 Å². The monoisotopic (exact) mass is 725 g/mol. The van der Waals surface area contributed by atoms with Gasteiger partial charge in [-0.05, 0) is 97.2 Å². The van der Waals surface area contributed by atoms with Crippen molar-refractivity contribution >= 4 is 29.6 Å². The molecule has 5 aliphatic carbocycles. The smallest absolute Gasteiger partial charge is 0.303 e. The van der Waals surface area contributed by atoms with Crippen LogP contribution in [-0.2, 0) is 42.9 Å². The average molecular weight is 726 g/mol. The van der Waals surface area contributed by atoms with Crippen LogP contribution in [0.4, 0.5) is 0 Å². The van der Waals surface area contributed by atoms with E-state index in [2.05, 4.69) is 59.9 Å². The largest absolute Gasteiger partial charge is 0.465 e. The summed E-state index contributed by atoms with van der Waals surface area (Å²) in [4.78, 5) is 64.2. The predicted octanol–water partition coefficient (Wildman–Crippen LogP) is 6.87. The molecule has 10 nitrogen and oxygen atoms in total. The zero-order chi connectivity index (χ0) is 38.2. The van der Waals surface area contributed by atoms with Crippen LogP contribution in [0, 0.1) is 56.2 Å². The molecular formula is C42H63NO9. The molecule has 0 spiro atoms. The standard InChI is InChI=1S/C42H63NO9/c1-24(44)49-22-27-30(23-50-25(2)45)52-35(34(27)51-26(3)46)43-36(48)42-19-17-37(4,5)21-29(42)28-11-12-32-39(8)15-14-33(47)38(6,7)31(39)13-16-41(32,10)40(28,9)18-20-42/h11,27,29-32,34-35H,12-23H2,1-10H3,(H,43,48)/t27-,29?,30?,31?,32?,34?,35?,39+,40-,41-,42+/m1/s1. The fourth-order valence-electron chi connectivity index (χ4n) is 12.8. The number of ketones is 1. The van der Waals surface area contributed by atoms with Crippen molar-refractivity contribution in [1.29, 1.82) is 0 Å². The van der Waals surface area contributed by atoms with Crippen LogP contribution >= 0.6 is 0 Å². The van der Waals surface area contributed by atoms with Gasteiger partial charge in [-0.15, -0.1) is 0 Å². The van der Waals surface area contributed by atoms with Gasteiger partial charge in [0.05, 0.1) is 11.3 Å². The number of amides is 1. The summed E-state index contributed by atoms with van der Waals surface area (Å²) in [5.74, 6) is -1.05. The molecule has 0 radical (unpaired) electrons. The maximum atomic E-state index is 15.0. The Labute approximate surface area is 310 Å². The first-order valence-corrected chi connectivity index (χ1v) is 19.8. The van der Waals surface area contributed by atoms with E-state index < -0.39 is 47.7 Å². The molecule has 0 aromatic carbocycles. The Bertz CT molecular complexity index is 1530. The SMILES string of the molecule is CC(=O)OCC1OC(NC(=O)[C@]23CCC(C)(C)CC2C2=CCC4[C@@]5(C)CCC(=O)C(C)(C)C5CC[C@@]4(C)[C@]2(C)CC3)C(OC(C)=O)[C@@H]1COC(C)=O. The van der Waals surface area contributed by atoms with Crippen LogP contribution in [0.15, 0.2) is 11.6 Å². The highest BCUT2D eigenvalue weighted by Crippen LogP contribution is 2.75. The van der Waals surface area contributed by atoms with Crippen molar-refractivity contribution in [1.82, 2.24) is 5.32 Å². The molecule has 0 bridgehead atoms. The summed E-state index contributed by atoms with van der Waals surface area (Å²) in [7, 11) is 0. The second-order valence-electron chi connectivity index (χ2n) is 19.4. The summed E-state index contributed by atoms with van der Waals surface area (Å²) < 4.78 is 22.7. The van der Waals surface area contributed by atoms with Crippen LogP contribution in [0.1, 0.15) is 133 Å². The van der Waals surface area contributed by atoms with Gasteiger partial charge >= 0.3 is 17.9 Å². The number of carbonyl (C=O) groups excluding carboxylic acids is 5. The maximum Gasteiger partial charge on any atom is 0.303 e. The van der Waals surface area contributed by atoms with Gasteiger partial charge in [0.2, 0.25) is 5.91 Å². The van der Waals surface area contributed by atoms with Gasteiger partial charge in [-0.1, -0.05) is 60.1 Å². The number of nitrogens with one attached hydrogen (secondary N) is 1. The number of ether oxygens (including phenoxy) is 4. The molecule has 6 rings (SSSR count). The fourth-order valence-corrected chi connectivity index (χ4v) is 12.8. The Kier molecular flexibility index (Phi) is 9.91. The molecule has 1 amide bonds. The summed E-state index contributed by atoms with van der Waals surface area (Å²) in [6.45, 7) is 20.1. The molecule has 6 aliphatic rings. The third kappa shape index (κ3) is 6.14. The van der Waals surface area contributed by atoms with E-state index in [0.29, 0.717) is 24.0 Å². The molecule has 52 heavy (non-hydrogen) atoms. The minimum absolute atomic E-state index is 0.0324. The van der Waals surface area contributed by atoms with Crippen LogP contribution < -0.4 is 5.32 Å². The van der Waals surface area contributed by atoms with Gasteiger partial charge in [0, 0.05) is 32.6 Å². The predicted molar refractivity (Wildman–Crippen MR) is 193 cm³/mol. The van der Waals surface area contributed by atoms with Crippen LogP contribution in [0.5, 0.6) is 0 Å². The average Bonchev–Trinajstić information content (AvgIpc) is 3.35. The van der Waals surface area contributed by atoms with Crippen molar-refractivity contribution in [3.63, 3.8) is 0 Å². The van der Waals surface area contributed by atoms with Crippen molar-refractivity contribution in [2.45, 2.75) is 152 Å². The Balaban J connectivity index is 1.33. The van der Waals surface area contributed by atoms with E-state index in [-0.39, 0.29) is 52.1 Å². The molecule has 10 heteroatoms. The van der Waals surface area contributed by atoms with Gasteiger partial charge in [0.15, 0.2) is 12.3 Å². The van der Waals surface area contributed by atoms with E-state index in [1.807, 2.05) is 0 Å². The highest BCUT2D eigenvalue weighted by Gasteiger charge is 2.69. The molecule has 1 N–H and O–H groups in total. The third-order valence-corrected chi connectivity index (χ3v) is 15.9. The maximum absolute atomic E-state index is 15.0. The van der Waals surface area contributed by atoms with Crippen molar-refractivity contribution in [2.24, 2.45) is 56.2 Å². The normalized spacial score (nSPS) is 43.0. The first-order chi connectivity index (χ1) is 24.1. The second-order valence-corrected chi connectivity index (χ2v) is 19.4. The number of rotatable bonds is 7. The molecule has 1 aliphatic heterocycles. The summed E-state index contributed by atoms with van der Waals surface area (Å²) in [6, 6.07) is 0. The lowest BCUT2D eigenvalue weighted by atomic mass is 9.33. The van der Waals surface area contributed by atoms with Crippen molar-refractivity contribution < 1.29 is 42.9 Å². The highest BCUT2D eigenvalue weighted by molar-refractivity contribution is 5.86. The summed E-state index contributed by atoms with van der Waals surface area (Å²) in [6.07, 6.45) is 8.66. The van der Waals surface area contributed by atoms with Gasteiger partial charge in [0.1, 0.15) is 25.1 Å². The van der Waals surface area contributed by atoms with E-state index in [0.717, 1.165) is 57.8 Å². The topological polar surface area (TPSA) is 134 Å². The number of hydrogen-bond donors (Lipinski definition) is 1. The summed E-state index contributed by atoms with van der Waals surface area (Å²) >= 11 is 0. The quantitative estimate of drug-likeness (QED) is 0.170. The van der Waals surface area contributed by atoms with E-state index in [1.54, 1.807) is 0 Å². The minimum atomic E-state index is -1.01. The number of esters is 3. The lowest BCUT2D eigenvalue weighted by molar-refractivity contribution is -0.186. The van der Waals surface area contributed by atoms with E-state index in [1.165, 1.54) is 26.3 Å². The Morgan fingerprint density at radius 1 is 0.827 bits per heavy atom. The number of Topliss-reactive ketones (excluding diaryl/α,β-unsaturated/α-hetero) is 1. The lowest BCUT2D eigenvalue weighted by Gasteiger charge is -2.70. The van der Waals surface area contributed by atoms with E-state index >= 15 is 4.79 Å². The molecule has 1 saturated heterocycles. The number of allylic oxidation sites excluding steroid dienone is 2. The number of carbonyl (C=O) groups is 5. The van der Waals surface area contributed by atoms with Gasteiger partial charge in [-0.3, -0.25) is 24.0 Å². The molecule has 290 valence electrons. The number of hydrogen-bond acceptors (Lipinski definition) is 9. The van der Waals surface area contributed by atoms with Crippen molar-refractivity contribution in [3.05, 3.63) is 11.6 Å². The molecule has 0 aromatic heterocycles. The molecule has 11 atom stereocenters. The first-order valence-electron chi connectivity index (χ1n) is 19.8. The Morgan fingerprint density at radius 3 is 2.13 bits per heavy atom. The molecule has 0 aromatic rings. The highest BCUT2D eigenvalue weighted by atomic mass is 16.6. The lowest BCUT2D eigenvalue weighted by Crippen LogP contribution is -2.65. The van der Waals surface area contributed by atoms with Crippen LogP contribution in [0.25, 0.3) is 0 Å². The molecule has 6 unspecified atom stereocenters. The zero-order valence-electron chi connectivity index (χ0n) is 33.3. The fraction of sp³-hybridized carbons (Fsp3) is 0.833. The molecular weight excluding hydrogens is 662 g/mol. The van der Waals surface area contributed by atoms with Gasteiger partial charge in [-0.25, -0.2) is 0 Å². The first kappa shape index (κ1) is 39.0. The summed E-state index contributed by atoms with van der Waals surface area (Å²) in [5.41, 5.74) is 0.512. The van der Waals surface area contributed by atoms with Crippen LogP contribution in [0.2, 0.25) is 0 Å². The molecule has 4 saturated carbocycles. The summed E-state index contributed by atoms with van der Waals surface area (Å²) in [5, 5.41) is 3.21. The van der Waals surface area contributed by atoms with Crippen LogP contribution in [0.3, 0.4) is 0 Å².